The minimum absolute atomic E-state index is 0.308. The quantitative estimate of drug-likeness (QED) is 0.852. The van der Waals surface area contributed by atoms with Crippen molar-refractivity contribution in [2.45, 2.75) is 26.1 Å². The van der Waals surface area contributed by atoms with E-state index < -0.39 is 0 Å². The lowest BCUT2D eigenvalue weighted by atomic mass is 9.78. The second kappa shape index (κ2) is 4.78. The van der Waals surface area contributed by atoms with Crippen molar-refractivity contribution in [3.8, 4) is 0 Å². The molecule has 0 amide bonds. The first-order valence-electron chi connectivity index (χ1n) is 7.08. The van der Waals surface area contributed by atoms with E-state index in [0.29, 0.717) is 12.0 Å². The van der Waals surface area contributed by atoms with Crippen molar-refractivity contribution in [2.75, 3.05) is 31.1 Å². The Morgan fingerprint density at radius 2 is 1.95 bits per heavy atom. The number of hydrogen-bond donors (Lipinski definition) is 2. The van der Waals surface area contributed by atoms with Gasteiger partial charge < -0.3 is 15.7 Å². The SMILES string of the molecule is CC(O)N1CCC2(CN(c3ccc(CN)cc3)C2)C1. The number of rotatable bonds is 3. The molecule has 3 N–H and O–H groups in total. The Bertz CT molecular complexity index is 437. The van der Waals surface area contributed by atoms with Gasteiger partial charge in [-0.3, -0.25) is 4.90 Å². The zero-order valence-corrected chi connectivity index (χ0v) is 11.5. The van der Waals surface area contributed by atoms with Gasteiger partial charge in [-0.25, -0.2) is 0 Å². The number of benzene rings is 1. The number of aliphatic hydroxyl groups excluding tert-OH is 1. The van der Waals surface area contributed by atoms with Crippen molar-refractivity contribution < 1.29 is 5.11 Å². The van der Waals surface area contributed by atoms with Gasteiger partial charge in [0.25, 0.3) is 0 Å². The average molecular weight is 261 g/mol. The molecule has 1 aromatic rings. The highest BCUT2D eigenvalue weighted by atomic mass is 16.3. The van der Waals surface area contributed by atoms with E-state index >= 15 is 0 Å². The molecule has 2 saturated heterocycles. The summed E-state index contributed by atoms with van der Waals surface area (Å²) in [6, 6.07) is 8.54. The summed E-state index contributed by atoms with van der Waals surface area (Å²) in [6.07, 6.45) is 0.896. The van der Waals surface area contributed by atoms with E-state index in [1.54, 1.807) is 0 Å². The first kappa shape index (κ1) is 12.9. The summed E-state index contributed by atoms with van der Waals surface area (Å²) in [5.74, 6) is 0. The number of hydrogen-bond acceptors (Lipinski definition) is 4. The molecule has 2 heterocycles. The Balaban J connectivity index is 1.60. The van der Waals surface area contributed by atoms with Gasteiger partial charge in [0.15, 0.2) is 0 Å². The minimum Gasteiger partial charge on any atom is -0.379 e. The number of nitrogens with zero attached hydrogens (tertiary/aromatic N) is 2. The summed E-state index contributed by atoms with van der Waals surface area (Å²) in [6.45, 7) is 6.74. The van der Waals surface area contributed by atoms with Crippen LogP contribution in [-0.4, -0.2) is 42.4 Å². The van der Waals surface area contributed by atoms with E-state index in [4.69, 9.17) is 5.73 Å². The summed E-state index contributed by atoms with van der Waals surface area (Å²) < 4.78 is 0. The Morgan fingerprint density at radius 3 is 2.47 bits per heavy atom. The molecule has 1 aromatic carbocycles. The first-order valence-corrected chi connectivity index (χ1v) is 7.08. The Hall–Kier alpha value is -1.10. The molecule has 0 aliphatic carbocycles. The third kappa shape index (κ3) is 2.36. The highest BCUT2D eigenvalue weighted by Gasteiger charge is 2.48. The molecule has 1 atom stereocenters. The second-order valence-corrected chi connectivity index (χ2v) is 6.08. The molecule has 1 unspecified atom stereocenters. The van der Waals surface area contributed by atoms with Gasteiger partial charge in [0.1, 0.15) is 6.23 Å². The van der Waals surface area contributed by atoms with Crippen LogP contribution in [0, 0.1) is 5.41 Å². The van der Waals surface area contributed by atoms with E-state index in [1.165, 1.54) is 17.7 Å². The van der Waals surface area contributed by atoms with Crippen LogP contribution in [0.5, 0.6) is 0 Å². The van der Waals surface area contributed by atoms with Gasteiger partial charge in [0, 0.05) is 43.8 Å². The van der Waals surface area contributed by atoms with Crippen molar-refractivity contribution in [2.24, 2.45) is 11.1 Å². The lowest BCUT2D eigenvalue weighted by molar-refractivity contribution is 0.0249. The zero-order valence-electron chi connectivity index (χ0n) is 11.5. The molecule has 2 aliphatic heterocycles. The maximum Gasteiger partial charge on any atom is 0.104 e. The first-order chi connectivity index (χ1) is 9.12. The molecule has 104 valence electrons. The van der Waals surface area contributed by atoms with Crippen LogP contribution in [0.2, 0.25) is 0 Å². The highest BCUT2D eigenvalue weighted by molar-refractivity contribution is 5.51. The fourth-order valence-electron chi connectivity index (χ4n) is 3.34. The predicted molar refractivity (Wildman–Crippen MR) is 76.9 cm³/mol. The van der Waals surface area contributed by atoms with Crippen molar-refractivity contribution in [3.05, 3.63) is 29.8 Å². The normalized spacial score (nSPS) is 23.6. The number of likely N-dealkylation sites (tertiary alicyclic amines) is 1. The molecule has 0 bridgehead atoms. The van der Waals surface area contributed by atoms with E-state index in [2.05, 4.69) is 34.1 Å². The summed E-state index contributed by atoms with van der Waals surface area (Å²) in [7, 11) is 0. The third-order valence-corrected chi connectivity index (χ3v) is 4.59. The lowest BCUT2D eigenvalue weighted by Crippen LogP contribution is -2.58. The van der Waals surface area contributed by atoms with Crippen LogP contribution in [0.1, 0.15) is 18.9 Å². The van der Waals surface area contributed by atoms with Gasteiger partial charge >= 0.3 is 0 Å². The van der Waals surface area contributed by atoms with Gasteiger partial charge in [-0.2, -0.15) is 0 Å². The molecular formula is C15H23N3O. The van der Waals surface area contributed by atoms with Gasteiger partial charge in [-0.15, -0.1) is 0 Å². The van der Waals surface area contributed by atoms with E-state index in [1.807, 2.05) is 6.92 Å². The third-order valence-electron chi connectivity index (χ3n) is 4.59. The maximum atomic E-state index is 9.65. The standard InChI is InChI=1S/C15H23N3O/c1-12(19)17-7-6-15(9-17)10-18(11-15)14-4-2-13(8-16)3-5-14/h2-5,12,19H,6-11,16H2,1H3. The van der Waals surface area contributed by atoms with Crippen LogP contribution in [0.3, 0.4) is 0 Å². The smallest absolute Gasteiger partial charge is 0.104 e. The van der Waals surface area contributed by atoms with Gasteiger partial charge in [0.05, 0.1) is 0 Å². The predicted octanol–water partition coefficient (Wildman–Crippen LogP) is 0.996. The molecule has 2 fully saturated rings. The molecule has 0 radical (unpaired) electrons. The van der Waals surface area contributed by atoms with Gasteiger partial charge in [0.2, 0.25) is 0 Å². The second-order valence-electron chi connectivity index (χ2n) is 6.08. The van der Waals surface area contributed by atoms with Gasteiger partial charge in [-0.1, -0.05) is 12.1 Å². The monoisotopic (exact) mass is 261 g/mol. The Kier molecular flexibility index (Phi) is 3.25. The topological polar surface area (TPSA) is 52.7 Å². The van der Waals surface area contributed by atoms with Crippen LogP contribution in [0.25, 0.3) is 0 Å². The molecule has 0 saturated carbocycles. The van der Waals surface area contributed by atoms with Crippen molar-refractivity contribution in [3.63, 3.8) is 0 Å². The van der Waals surface area contributed by atoms with Gasteiger partial charge in [-0.05, 0) is 31.0 Å². The van der Waals surface area contributed by atoms with E-state index in [0.717, 1.165) is 26.2 Å². The van der Waals surface area contributed by atoms with Crippen molar-refractivity contribution >= 4 is 5.69 Å². The molecule has 0 aromatic heterocycles. The molecule has 1 spiro atoms. The molecule has 2 aliphatic rings. The highest BCUT2D eigenvalue weighted by Crippen LogP contribution is 2.42. The number of aliphatic hydroxyl groups is 1. The Morgan fingerprint density at radius 1 is 1.26 bits per heavy atom. The van der Waals surface area contributed by atoms with Crippen molar-refractivity contribution in [1.29, 1.82) is 0 Å². The molecule has 3 rings (SSSR count). The fraction of sp³-hybridized carbons (Fsp3) is 0.600. The van der Waals surface area contributed by atoms with E-state index in [-0.39, 0.29) is 6.23 Å². The minimum atomic E-state index is -0.308. The average Bonchev–Trinajstić information content (AvgIpc) is 2.83. The Labute approximate surface area is 114 Å². The summed E-state index contributed by atoms with van der Waals surface area (Å²) in [5.41, 5.74) is 8.49. The van der Waals surface area contributed by atoms with Crippen LogP contribution in [0.15, 0.2) is 24.3 Å². The van der Waals surface area contributed by atoms with Crippen molar-refractivity contribution in [1.82, 2.24) is 4.90 Å². The summed E-state index contributed by atoms with van der Waals surface area (Å²) in [5, 5.41) is 9.65. The largest absolute Gasteiger partial charge is 0.379 e. The number of nitrogens with two attached hydrogens (primary N) is 1. The van der Waals surface area contributed by atoms with Crippen LogP contribution < -0.4 is 10.6 Å². The molecular weight excluding hydrogens is 238 g/mol. The number of anilines is 1. The van der Waals surface area contributed by atoms with Crippen LogP contribution >= 0.6 is 0 Å². The summed E-state index contributed by atoms with van der Waals surface area (Å²) >= 11 is 0. The van der Waals surface area contributed by atoms with Crippen LogP contribution in [-0.2, 0) is 6.54 Å². The molecule has 4 heteroatoms. The lowest BCUT2D eigenvalue weighted by Gasteiger charge is -2.49. The fourth-order valence-corrected chi connectivity index (χ4v) is 3.34. The van der Waals surface area contributed by atoms with Crippen LogP contribution in [0.4, 0.5) is 5.69 Å². The maximum absolute atomic E-state index is 9.65. The summed E-state index contributed by atoms with van der Waals surface area (Å²) in [4.78, 5) is 4.60. The zero-order chi connectivity index (χ0) is 13.5. The molecule has 4 nitrogen and oxygen atoms in total. The van der Waals surface area contributed by atoms with E-state index in [9.17, 15) is 5.11 Å². The molecule has 19 heavy (non-hydrogen) atoms.